The van der Waals surface area contributed by atoms with E-state index in [0.717, 1.165) is 0 Å². The van der Waals surface area contributed by atoms with Crippen LogP contribution in [-0.4, -0.2) is 11.6 Å². The Labute approximate surface area is 109 Å². The zero-order chi connectivity index (χ0) is 14.2. The number of carbonyl (C=O) groups excluding carboxylic acids is 1. The van der Waals surface area contributed by atoms with Crippen molar-refractivity contribution in [3.8, 4) is 0 Å². The maximum absolute atomic E-state index is 13.4. The van der Waals surface area contributed by atoms with Crippen molar-refractivity contribution in [3.63, 3.8) is 0 Å². The number of hydrogen-bond donors (Lipinski definition) is 0. The van der Waals surface area contributed by atoms with Crippen molar-refractivity contribution in [3.05, 3.63) is 33.3 Å². The Morgan fingerprint density at radius 2 is 1.39 bits per heavy atom. The third kappa shape index (κ3) is 2.82. The van der Waals surface area contributed by atoms with E-state index in [9.17, 15) is 22.4 Å². The van der Waals surface area contributed by atoms with Crippen LogP contribution in [0.2, 0.25) is 0 Å². The maximum Gasteiger partial charge on any atom is 0.344 e. The van der Waals surface area contributed by atoms with E-state index in [-0.39, 0.29) is 0 Å². The molecule has 1 aromatic carbocycles. The minimum absolute atomic E-state index is 1.01. The summed E-state index contributed by atoms with van der Waals surface area (Å²) in [6.45, 7) is 4.35. The van der Waals surface area contributed by atoms with Crippen LogP contribution in [0.5, 0.6) is 0 Å². The van der Waals surface area contributed by atoms with Crippen LogP contribution in [0, 0.1) is 23.3 Å². The Morgan fingerprint density at radius 3 is 1.72 bits per heavy atom. The molecule has 0 aliphatic heterocycles. The Morgan fingerprint density at radius 1 is 1.00 bits per heavy atom. The van der Waals surface area contributed by atoms with Crippen LogP contribution in [0.3, 0.4) is 0 Å². The van der Waals surface area contributed by atoms with Gasteiger partial charge in [0, 0.05) is 0 Å². The lowest BCUT2D eigenvalue weighted by atomic mass is 10.1. The Bertz CT molecular complexity index is 480. The van der Waals surface area contributed by atoms with Gasteiger partial charge >= 0.3 is 5.97 Å². The van der Waals surface area contributed by atoms with Gasteiger partial charge in [0.1, 0.15) is 11.2 Å². The summed E-state index contributed by atoms with van der Waals surface area (Å²) in [5.41, 5.74) is -2.43. The first-order chi connectivity index (χ1) is 8.06. The van der Waals surface area contributed by atoms with Crippen molar-refractivity contribution < 1.29 is 27.1 Å². The minimum atomic E-state index is -1.80. The quantitative estimate of drug-likeness (QED) is 0.337. The van der Waals surface area contributed by atoms with E-state index in [1.54, 1.807) is 0 Å². The highest BCUT2D eigenvalue weighted by atomic mass is 79.9. The lowest BCUT2D eigenvalue weighted by molar-refractivity contribution is 0.00569. The number of hydrogen-bond acceptors (Lipinski definition) is 2. The molecular formula is C11H9BrF4O2. The Hall–Kier alpha value is -1.11. The smallest absolute Gasteiger partial charge is 0.344 e. The molecule has 0 unspecified atom stereocenters. The zero-order valence-corrected chi connectivity index (χ0v) is 11.3. The molecule has 0 atom stereocenters. The second-order valence-electron chi connectivity index (χ2n) is 4.45. The first kappa shape index (κ1) is 14.9. The summed E-state index contributed by atoms with van der Waals surface area (Å²) in [5.74, 6) is -8.43. The number of halogens is 5. The minimum Gasteiger partial charge on any atom is -0.456 e. The third-order valence-corrected chi connectivity index (χ3v) is 2.51. The first-order valence-corrected chi connectivity index (χ1v) is 5.60. The summed E-state index contributed by atoms with van der Waals surface area (Å²) in [6.07, 6.45) is 0. The van der Waals surface area contributed by atoms with E-state index >= 15 is 0 Å². The van der Waals surface area contributed by atoms with E-state index in [2.05, 4.69) is 20.7 Å². The van der Waals surface area contributed by atoms with Crippen molar-refractivity contribution in [2.45, 2.75) is 26.4 Å². The van der Waals surface area contributed by atoms with Crippen molar-refractivity contribution in [2.75, 3.05) is 0 Å². The van der Waals surface area contributed by atoms with Gasteiger partial charge in [0.05, 0.1) is 4.47 Å². The zero-order valence-electron chi connectivity index (χ0n) is 9.71. The van der Waals surface area contributed by atoms with Crippen LogP contribution < -0.4 is 0 Å². The predicted octanol–water partition coefficient (Wildman–Crippen LogP) is 3.96. The average Bonchev–Trinajstić information content (AvgIpc) is 2.21. The fraction of sp³-hybridized carbons (Fsp3) is 0.364. The molecule has 1 aromatic rings. The lowest BCUT2D eigenvalue weighted by Crippen LogP contribution is -2.26. The number of ether oxygens (including phenoxy) is 1. The molecule has 0 amide bonds. The molecule has 2 nitrogen and oxygen atoms in total. The predicted molar refractivity (Wildman–Crippen MR) is 59.1 cm³/mol. The van der Waals surface area contributed by atoms with E-state index in [0.29, 0.717) is 0 Å². The second kappa shape index (κ2) is 4.87. The number of esters is 1. The molecule has 0 fully saturated rings. The Balaban J connectivity index is 3.38. The van der Waals surface area contributed by atoms with Crippen LogP contribution >= 0.6 is 15.9 Å². The largest absolute Gasteiger partial charge is 0.456 e. The van der Waals surface area contributed by atoms with Crippen LogP contribution in [0.15, 0.2) is 4.47 Å². The van der Waals surface area contributed by atoms with Gasteiger partial charge in [-0.05, 0) is 36.7 Å². The lowest BCUT2D eigenvalue weighted by Gasteiger charge is -2.20. The molecule has 0 saturated carbocycles. The molecule has 0 spiro atoms. The van der Waals surface area contributed by atoms with Crippen molar-refractivity contribution in [1.29, 1.82) is 0 Å². The molecule has 18 heavy (non-hydrogen) atoms. The molecular weight excluding hydrogens is 320 g/mol. The van der Waals surface area contributed by atoms with Gasteiger partial charge in [0.25, 0.3) is 0 Å². The van der Waals surface area contributed by atoms with Crippen molar-refractivity contribution >= 4 is 21.9 Å². The maximum atomic E-state index is 13.4. The van der Waals surface area contributed by atoms with Crippen LogP contribution in [0.4, 0.5) is 17.6 Å². The van der Waals surface area contributed by atoms with E-state index in [1.165, 1.54) is 20.8 Å². The van der Waals surface area contributed by atoms with Gasteiger partial charge in [-0.1, -0.05) is 0 Å². The summed E-state index contributed by atoms with van der Waals surface area (Å²) >= 11 is 2.34. The van der Waals surface area contributed by atoms with Crippen LogP contribution in [-0.2, 0) is 4.74 Å². The molecule has 0 bridgehead atoms. The van der Waals surface area contributed by atoms with Gasteiger partial charge in [-0.3, -0.25) is 0 Å². The standard InChI is InChI=1S/C11H9BrF4O2/c1-11(2,3)18-10(17)4-6(13)8(15)5(12)9(16)7(4)14/h1-3H3. The SMILES string of the molecule is CC(C)(C)OC(=O)c1c(F)c(F)c(Br)c(F)c1F. The van der Waals surface area contributed by atoms with E-state index < -0.39 is 44.9 Å². The fourth-order valence-electron chi connectivity index (χ4n) is 1.11. The van der Waals surface area contributed by atoms with Crippen molar-refractivity contribution in [1.82, 2.24) is 0 Å². The molecule has 100 valence electrons. The van der Waals surface area contributed by atoms with Gasteiger partial charge in [-0.25, -0.2) is 22.4 Å². The van der Waals surface area contributed by atoms with Gasteiger partial charge < -0.3 is 4.74 Å². The van der Waals surface area contributed by atoms with Crippen LogP contribution in [0.25, 0.3) is 0 Å². The van der Waals surface area contributed by atoms with Crippen LogP contribution in [0.1, 0.15) is 31.1 Å². The molecule has 0 aliphatic carbocycles. The molecule has 7 heteroatoms. The molecule has 0 heterocycles. The van der Waals surface area contributed by atoms with Gasteiger partial charge in [0.15, 0.2) is 23.3 Å². The van der Waals surface area contributed by atoms with E-state index in [1.807, 2.05) is 0 Å². The molecule has 0 saturated heterocycles. The Kier molecular flexibility index (Phi) is 4.05. The summed E-state index contributed by atoms with van der Waals surface area (Å²) in [4.78, 5) is 11.5. The normalized spacial score (nSPS) is 11.6. The highest BCUT2D eigenvalue weighted by Gasteiger charge is 2.31. The van der Waals surface area contributed by atoms with E-state index in [4.69, 9.17) is 0 Å². The summed E-state index contributed by atoms with van der Waals surface area (Å²) in [5, 5.41) is 0. The molecule has 0 aliphatic rings. The number of benzene rings is 1. The summed E-state index contributed by atoms with van der Waals surface area (Å²) in [6, 6.07) is 0. The number of carbonyl (C=O) groups is 1. The summed E-state index contributed by atoms with van der Waals surface area (Å²) in [7, 11) is 0. The molecule has 1 rings (SSSR count). The molecule has 0 N–H and O–H groups in total. The van der Waals surface area contributed by atoms with Crippen molar-refractivity contribution in [2.24, 2.45) is 0 Å². The van der Waals surface area contributed by atoms with Gasteiger partial charge in [-0.2, -0.15) is 0 Å². The number of rotatable bonds is 1. The topological polar surface area (TPSA) is 26.3 Å². The fourth-order valence-corrected chi connectivity index (χ4v) is 1.46. The summed E-state index contributed by atoms with van der Waals surface area (Å²) < 4.78 is 56.9. The van der Waals surface area contributed by atoms with Gasteiger partial charge in [0.2, 0.25) is 0 Å². The molecule has 0 radical (unpaired) electrons. The first-order valence-electron chi connectivity index (χ1n) is 4.81. The highest BCUT2D eigenvalue weighted by Crippen LogP contribution is 2.29. The van der Waals surface area contributed by atoms with Gasteiger partial charge in [-0.15, -0.1) is 0 Å². The third-order valence-electron chi connectivity index (χ3n) is 1.81. The average molecular weight is 329 g/mol. The second-order valence-corrected chi connectivity index (χ2v) is 5.24. The monoisotopic (exact) mass is 328 g/mol. The molecule has 0 aromatic heterocycles. The highest BCUT2D eigenvalue weighted by molar-refractivity contribution is 9.10.